The topological polar surface area (TPSA) is 61.4 Å². The molecule has 1 unspecified atom stereocenters. The van der Waals surface area contributed by atoms with Gasteiger partial charge in [0.1, 0.15) is 0 Å². The highest BCUT2D eigenvalue weighted by Crippen LogP contribution is 2.22. The summed E-state index contributed by atoms with van der Waals surface area (Å²) in [5.41, 5.74) is 4.95. The summed E-state index contributed by atoms with van der Waals surface area (Å²) < 4.78 is 0. The van der Waals surface area contributed by atoms with Crippen LogP contribution in [0.15, 0.2) is 42.5 Å². The first-order valence-electron chi connectivity index (χ1n) is 8.46. The largest absolute Gasteiger partial charge is 0.387 e. The molecule has 0 saturated heterocycles. The molecule has 2 aromatic rings. The number of amides is 2. The highest BCUT2D eigenvalue weighted by Gasteiger charge is 2.13. The Morgan fingerprint density at radius 3 is 2.25 bits per heavy atom. The van der Waals surface area contributed by atoms with Crippen LogP contribution >= 0.6 is 0 Å². The molecule has 0 aliphatic rings. The quantitative estimate of drug-likeness (QED) is 0.752. The summed E-state index contributed by atoms with van der Waals surface area (Å²) in [5.74, 6) is 0. The van der Waals surface area contributed by atoms with E-state index in [2.05, 4.69) is 24.5 Å². The Bertz CT molecular complexity index is 676. The maximum Gasteiger partial charge on any atom is 0.319 e. The molecule has 2 aromatic carbocycles. The van der Waals surface area contributed by atoms with Crippen molar-refractivity contribution in [1.82, 2.24) is 5.32 Å². The van der Waals surface area contributed by atoms with Crippen LogP contribution in [0, 0.1) is 6.92 Å². The number of para-hydroxylation sites is 1. The Morgan fingerprint density at radius 2 is 1.67 bits per heavy atom. The highest BCUT2D eigenvalue weighted by atomic mass is 16.3. The van der Waals surface area contributed by atoms with Gasteiger partial charge >= 0.3 is 6.03 Å². The highest BCUT2D eigenvalue weighted by molar-refractivity contribution is 5.91. The van der Waals surface area contributed by atoms with Crippen molar-refractivity contribution in [1.29, 1.82) is 0 Å². The van der Waals surface area contributed by atoms with Crippen molar-refractivity contribution in [2.24, 2.45) is 0 Å². The van der Waals surface area contributed by atoms with E-state index in [1.807, 2.05) is 49.4 Å². The second-order valence-electron chi connectivity index (χ2n) is 5.87. The normalized spacial score (nSPS) is 11.8. The Labute approximate surface area is 143 Å². The van der Waals surface area contributed by atoms with Crippen LogP contribution in [-0.2, 0) is 12.8 Å². The van der Waals surface area contributed by atoms with Crippen LogP contribution in [0.1, 0.15) is 42.2 Å². The van der Waals surface area contributed by atoms with Gasteiger partial charge in [-0.25, -0.2) is 4.79 Å². The van der Waals surface area contributed by atoms with E-state index in [4.69, 9.17) is 0 Å². The summed E-state index contributed by atoms with van der Waals surface area (Å²) in [7, 11) is 0. The third-order valence-electron chi connectivity index (χ3n) is 4.24. The summed E-state index contributed by atoms with van der Waals surface area (Å²) in [6.45, 7) is 6.26. The maximum atomic E-state index is 12.2. The van der Waals surface area contributed by atoms with E-state index in [-0.39, 0.29) is 12.6 Å². The maximum absolute atomic E-state index is 12.2. The minimum atomic E-state index is -0.719. The van der Waals surface area contributed by atoms with Crippen LogP contribution in [-0.4, -0.2) is 17.7 Å². The summed E-state index contributed by atoms with van der Waals surface area (Å²) >= 11 is 0. The predicted octanol–water partition coefficient (Wildman–Crippen LogP) is 3.97. The van der Waals surface area contributed by atoms with Gasteiger partial charge in [-0.2, -0.15) is 0 Å². The Kier molecular flexibility index (Phi) is 6.38. The van der Waals surface area contributed by atoms with E-state index in [9.17, 15) is 9.90 Å². The fourth-order valence-electron chi connectivity index (χ4n) is 2.82. The summed E-state index contributed by atoms with van der Waals surface area (Å²) in [6.07, 6.45) is 0.994. The number of rotatable bonds is 6. The zero-order chi connectivity index (χ0) is 17.5. The van der Waals surface area contributed by atoms with Crippen LogP contribution in [0.5, 0.6) is 0 Å². The second-order valence-corrected chi connectivity index (χ2v) is 5.87. The van der Waals surface area contributed by atoms with Crippen molar-refractivity contribution in [3.05, 3.63) is 64.7 Å². The number of carbonyl (C=O) groups excluding carboxylic acids is 1. The lowest BCUT2D eigenvalue weighted by atomic mass is 10.0. The van der Waals surface area contributed by atoms with Gasteiger partial charge in [0.15, 0.2) is 0 Å². The van der Waals surface area contributed by atoms with Gasteiger partial charge in [0.25, 0.3) is 0 Å². The minimum Gasteiger partial charge on any atom is -0.387 e. The van der Waals surface area contributed by atoms with Crippen LogP contribution < -0.4 is 10.6 Å². The zero-order valence-electron chi connectivity index (χ0n) is 14.6. The standard InChI is InChI=1S/C20H26N2O2/c1-4-15-10-8-11-16(5-2)19(15)22-20(24)21-13-18(23)17-12-7-6-9-14(17)3/h6-12,18,23H,4-5,13H2,1-3H3,(H2,21,22,24). The first-order chi connectivity index (χ1) is 11.6. The minimum absolute atomic E-state index is 0.173. The fourth-order valence-corrected chi connectivity index (χ4v) is 2.82. The average molecular weight is 326 g/mol. The number of hydrogen-bond acceptors (Lipinski definition) is 2. The first kappa shape index (κ1) is 18.0. The molecule has 24 heavy (non-hydrogen) atoms. The molecule has 0 aliphatic carbocycles. The number of aliphatic hydroxyl groups is 1. The van der Waals surface area contributed by atoms with E-state index < -0.39 is 6.10 Å². The fraction of sp³-hybridized carbons (Fsp3) is 0.350. The molecule has 0 saturated carbocycles. The molecule has 0 radical (unpaired) electrons. The molecular weight excluding hydrogens is 300 g/mol. The molecule has 2 rings (SSSR count). The van der Waals surface area contributed by atoms with Gasteiger partial charge in [-0.3, -0.25) is 0 Å². The van der Waals surface area contributed by atoms with Crippen LogP contribution in [0.3, 0.4) is 0 Å². The third kappa shape index (κ3) is 4.36. The number of aliphatic hydroxyl groups excluding tert-OH is 1. The smallest absolute Gasteiger partial charge is 0.319 e. The molecular formula is C20H26N2O2. The number of nitrogens with one attached hydrogen (secondary N) is 2. The van der Waals surface area contributed by atoms with E-state index >= 15 is 0 Å². The molecule has 0 heterocycles. The monoisotopic (exact) mass is 326 g/mol. The van der Waals surface area contributed by atoms with Gasteiger partial charge in [0.2, 0.25) is 0 Å². The molecule has 128 valence electrons. The van der Waals surface area contributed by atoms with Gasteiger partial charge in [0.05, 0.1) is 6.10 Å². The van der Waals surface area contributed by atoms with E-state index in [0.717, 1.165) is 40.8 Å². The number of benzene rings is 2. The lowest BCUT2D eigenvalue weighted by Gasteiger charge is -2.17. The van der Waals surface area contributed by atoms with E-state index in [1.165, 1.54) is 0 Å². The number of hydrogen-bond donors (Lipinski definition) is 3. The lowest BCUT2D eigenvalue weighted by Crippen LogP contribution is -2.33. The summed E-state index contributed by atoms with van der Waals surface area (Å²) in [6, 6.07) is 13.4. The second kappa shape index (κ2) is 8.50. The van der Waals surface area contributed by atoms with Crippen molar-refractivity contribution in [2.75, 3.05) is 11.9 Å². The molecule has 2 amide bonds. The Hall–Kier alpha value is -2.33. The van der Waals surface area contributed by atoms with Crippen molar-refractivity contribution in [3.8, 4) is 0 Å². The summed E-state index contributed by atoms with van der Waals surface area (Å²) in [5, 5.41) is 16.0. The van der Waals surface area contributed by atoms with Crippen molar-refractivity contribution < 1.29 is 9.90 Å². The van der Waals surface area contributed by atoms with Crippen LogP contribution in [0.25, 0.3) is 0 Å². The van der Waals surface area contributed by atoms with Crippen LogP contribution in [0.2, 0.25) is 0 Å². The average Bonchev–Trinajstić information content (AvgIpc) is 2.60. The number of carbonyl (C=O) groups is 1. The van der Waals surface area contributed by atoms with Crippen LogP contribution in [0.4, 0.5) is 10.5 Å². The zero-order valence-corrected chi connectivity index (χ0v) is 14.6. The first-order valence-corrected chi connectivity index (χ1v) is 8.46. The molecule has 4 heteroatoms. The molecule has 0 bridgehead atoms. The van der Waals surface area contributed by atoms with Crippen molar-refractivity contribution in [2.45, 2.75) is 39.7 Å². The van der Waals surface area contributed by atoms with Gasteiger partial charge < -0.3 is 15.7 Å². The van der Waals surface area contributed by atoms with Gasteiger partial charge in [-0.1, -0.05) is 56.3 Å². The Morgan fingerprint density at radius 1 is 1.04 bits per heavy atom. The van der Waals surface area contributed by atoms with E-state index in [1.54, 1.807) is 0 Å². The number of urea groups is 1. The molecule has 0 fully saturated rings. The third-order valence-corrected chi connectivity index (χ3v) is 4.24. The molecule has 0 aliphatic heterocycles. The summed E-state index contributed by atoms with van der Waals surface area (Å²) in [4.78, 5) is 12.2. The van der Waals surface area contributed by atoms with Crippen molar-refractivity contribution >= 4 is 11.7 Å². The molecule has 4 nitrogen and oxygen atoms in total. The van der Waals surface area contributed by atoms with Gasteiger partial charge in [-0.05, 0) is 42.0 Å². The van der Waals surface area contributed by atoms with E-state index in [0.29, 0.717) is 0 Å². The van der Waals surface area contributed by atoms with Gasteiger partial charge in [0, 0.05) is 12.2 Å². The van der Waals surface area contributed by atoms with Gasteiger partial charge in [-0.15, -0.1) is 0 Å². The van der Waals surface area contributed by atoms with Crippen molar-refractivity contribution in [3.63, 3.8) is 0 Å². The Balaban J connectivity index is 2.01. The predicted molar refractivity (Wildman–Crippen MR) is 98.4 cm³/mol. The molecule has 3 N–H and O–H groups in total. The molecule has 0 aromatic heterocycles. The SMILES string of the molecule is CCc1cccc(CC)c1NC(=O)NCC(O)c1ccccc1C. The molecule has 0 spiro atoms. The number of aryl methyl sites for hydroxylation is 3. The number of anilines is 1. The lowest BCUT2D eigenvalue weighted by molar-refractivity contribution is 0.174. The molecule has 1 atom stereocenters.